The maximum Gasteiger partial charge on any atom is 0.250 e. The van der Waals surface area contributed by atoms with Crippen LogP contribution in [0.2, 0.25) is 0 Å². The predicted octanol–water partition coefficient (Wildman–Crippen LogP) is 2.57. The third-order valence-electron chi connectivity index (χ3n) is 7.35. The van der Waals surface area contributed by atoms with Gasteiger partial charge in [-0.05, 0) is 54.4 Å². The minimum absolute atomic E-state index is 0.143. The molecule has 3 amide bonds. The normalized spacial score (nSPS) is 26.7. The van der Waals surface area contributed by atoms with Crippen molar-refractivity contribution in [3.8, 4) is 11.5 Å². The zero-order valence-electron chi connectivity index (χ0n) is 18.9. The van der Waals surface area contributed by atoms with Crippen molar-refractivity contribution in [2.45, 2.75) is 18.0 Å². The monoisotopic (exact) mass is 469 g/mol. The molecule has 8 nitrogen and oxygen atoms in total. The van der Waals surface area contributed by atoms with Crippen LogP contribution >= 0.6 is 0 Å². The summed E-state index contributed by atoms with van der Waals surface area (Å²) in [5.41, 5.74) is 1.28. The number of phenolic OH excluding ortho intramolecular Hbond substituents is 1. The van der Waals surface area contributed by atoms with Gasteiger partial charge >= 0.3 is 0 Å². The average molecular weight is 469 g/mol. The fourth-order valence-electron chi connectivity index (χ4n) is 5.80. The summed E-state index contributed by atoms with van der Waals surface area (Å²) in [6, 6.07) is 20.3. The third kappa shape index (κ3) is 2.99. The van der Waals surface area contributed by atoms with Gasteiger partial charge in [0.2, 0.25) is 17.7 Å². The molecule has 0 radical (unpaired) electrons. The van der Waals surface area contributed by atoms with Crippen molar-refractivity contribution in [1.29, 1.82) is 0 Å². The maximum atomic E-state index is 13.9. The Morgan fingerprint density at radius 2 is 1.66 bits per heavy atom. The zero-order chi connectivity index (χ0) is 24.3. The zero-order valence-corrected chi connectivity index (χ0v) is 18.9. The number of nitrogens with zero attached hydrogens (tertiary/aromatic N) is 1. The first-order chi connectivity index (χ1) is 16.9. The van der Waals surface area contributed by atoms with Crippen LogP contribution in [-0.4, -0.2) is 36.0 Å². The molecule has 3 aromatic rings. The summed E-state index contributed by atoms with van der Waals surface area (Å²) in [6.45, 7) is 0. The van der Waals surface area contributed by atoms with Crippen molar-refractivity contribution in [2.75, 3.05) is 17.3 Å². The molecule has 0 bridgehead atoms. The number of rotatable bonds is 4. The summed E-state index contributed by atoms with van der Waals surface area (Å²) in [6.07, 6.45) is 0.411. The van der Waals surface area contributed by atoms with Crippen LogP contribution in [0.4, 0.5) is 11.4 Å². The van der Waals surface area contributed by atoms with E-state index in [9.17, 15) is 19.5 Å². The van der Waals surface area contributed by atoms with Crippen molar-refractivity contribution in [3.63, 3.8) is 0 Å². The van der Waals surface area contributed by atoms with Gasteiger partial charge in [0, 0.05) is 17.3 Å². The van der Waals surface area contributed by atoms with E-state index in [0.29, 0.717) is 29.1 Å². The highest BCUT2D eigenvalue weighted by Gasteiger charge is 2.70. The fourth-order valence-corrected chi connectivity index (χ4v) is 5.80. The number of amides is 3. The second-order valence-electron chi connectivity index (χ2n) is 9.14. The summed E-state index contributed by atoms with van der Waals surface area (Å²) in [7, 11) is 1.55. The standard InChI is InChI=1S/C27H23N3O5/c1-35-18-12-8-16(9-13-18)30-24(32)22-21(14-15-6-10-17(31)11-7-15)29-27(23(22)25(30)33)19-4-2-3-5-20(19)28-26(27)34/h2-13,21-23,29,31H,14H2,1H3,(H,28,34)/t21-,22+,23-,27-/m0/s1. The van der Waals surface area contributed by atoms with Crippen LogP contribution in [0.1, 0.15) is 11.1 Å². The van der Waals surface area contributed by atoms with Gasteiger partial charge < -0.3 is 15.2 Å². The highest BCUT2D eigenvalue weighted by Crippen LogP contribution is 2.53. The molecule has 8 heteroatoms. The first-order valence-electron chi connectivity index (χ1n) is 11.4. The minimum Gasteiger partial charge on any atom is -0.508 e. The van der Waals surface area contributed by atoms with Crippen LogP contribution in [-0.2, 0) is 26.3 Å². The summed E-state index contributed by atoms with van der Waals surface area (Å²) >= 11 is 0. The SMILES string of the molecule is COc1ccc(N2C(=O)[C@@H]3[C@H](Cc4ccc(O)cc4)N[C@]4(C(=O)Nc5ccccc54)[C@@H]3C2=O)cc1. The number of phenols is 1. The van der Waals surface area contributed by atoms with Crippen molar-refractivity contribution in [3.05, 3.63) is 83.9 Å². The molecule has 2 fully saturated rings. The largest absolute Gasteiger partial charge is 0.508 e. The van der Waals surface area contributed by atoms with Gasteiger partial charge in [-0.2, -0.15) is 0 Å². The second-order valence-corrected chi connectivity index (χ2v) is 9.14. The number of para-hydroxylation sites is 1. The van der Waals surface area contributed by atoms with E-state index in [1.165, 1.54) is 4.90 Å². The van der Waals surface area contributed by atoms with Gasteiger partial charge in [-0.15, -0.1) is 0 Å². The third-order valence-corrected chi connectivity index (χ3v) is 7.35. The Hall–Kier alpha value is -4.17. The van der Waals surface area contributed by atoms with Crippen LogP contribution < -0.4 is 20.3 Å². The number of benzene rings is 3. The minimum atomic E-state index is -1.35. The smallest absolute Gasteiger partial charge is 0.250 e. The number of aromatic hydroxyl groups is 1. The van der Waals surface area contributed by atoms with Crippen molar-refractivity contribution >= 4 is 29.1 Å². The predicted molar refractivity (Wildman–Crippen MR) is 128 cm³/mol. The summed E-state index contributed by atoms with van der Waals surface area (Å²) < 4.78 is 5.21. The molecule has 2 saturated heterocycles. The Morgan fingerprint density at radius 1 is 0.943 bits per heavy atom. The quantitative estimate of drug-likeness (QED) is 0.507. The highest BCUT2D eigenvalue weighted by atomic mass is 16.5. The topological polar surface area (TPSA) is 108 Å². The molecule has 0 aliphatic carbocycles. The number of nitrogens with one attached hydrogen (secondary N) is 2. The lowest BCUT2D eigenvalue weighted by molar-refractivity contribution is -0.130. The van der Waals surface area contributed by atoms with E-state index in [1.54, 1.807) is 61.7 Å². The number of imide groups is 1. The summed E-state index contributed by atoms with van der Waals surface area (Å²) in [5.74, 6) is -1.96. The Bertz CT molecular complexity index is 1350. The van der Waals surface area contributed by atoms with E-state index in [-0.39, 0.29) is 17.6 Å². The molecule has 35 heavy (non-hydrogen) atoms. The molecule has 3 aliphatic heterocycles. The van der Waals surface area contributed by atoms with Crippen LogP contribution in [0.25, 0.3) is 0 Å². The first kappa shape index (κ1) is 21.4. The van der Waals surface area contributed by atoms with Crippen LogP contribution in [0.5, 0.6) is 11.5 Å². The van der Waals surface area contributed by atoms with Gasteiger partial charge in [0.1, 0.15) is 17.0 Å². The molecular formula is C27H23N3O5. The molecule has 1 spiro atoms. The molecule has 0 unspecified atom stereocenters. The Kier molecular flexibility index (Phi) is 4.69. The fraction of sp³-hybridized carbons (Fsp3) is 0.222. The number of carbonyl (C=O) groups is 3. The second kappa shape index (κ2) is 7.68. The van der Waals surface area contributed by atoms with Gasteiger partial charge in [0.25, 0.3) is 0 Å². The number of hydrogen-bond donors (Lipinski definition) is 3. The Morgan fingerprint density at radius 3 is 2.37 bits per heavy atom. The lowest BCUT2D eigenvalue weighted by Crippen LogP contribution is -2.53. The number of anilines is 2. The molecule has 4 atom stereocenters. The van der Waals surface area contributed by atoms with Crippen LogP contribution in [0.3, 0.4) is 0 Å². The highest BCUT2D eigenvalue weighted by molar-refractivity contribution is 6.25. The number of hydrogen-bond acceptors (Lipinski definition) is 6. The molecular weight excluding hydrogens is 446 g/mol. The van der Waals surface area contributed by atoms with Crippen molar-refractivity contribution < 1.29 is 24.2 Å². The molecule has 176 valence electrons. The van der Waals surface area contributed by atoms with E-state index in [0.717, 1.165) is 5.56 Å². The molecule has 3 N–H and O–H groups in total. The molecule has 6 rings (SSSR count). The van der Waals surface area contributed by atoms with Gasteiger partial charge in [-0.3, -0.25) is 19.7 Å². The molecule has 3 aromatic carbocycles. The lowest BCUT2D eigenvalue weighted by atomic mass is 9.76. The molecule has 3 heterocycles. The number of methoxy groups -OCH3 is 1. The summed E-state index contributed by atoms with van der Waals surface area (Å²) in [5, 5.41) is 16.0. The molecule has 3 aliphatic rings. The first-order valence-corrected chi connectivity index (χ1v) is 11.4. The van der Waals surface area contributed by atoms with Gasteiger partial charge in [-0.25, -0.2) is 4.90 Å². The van der Waals surface area contributed by atoms with E-state index < -0.39 is 29.3 Å². The van der Waals surface area contributed by atoms with Gasteiger partial charge in [0.05, 0.1) is 24.6 Å². The van der Waals surface area contributed by atoms with E-state index in [2.05, 4.69) is 10.6 Å². The summed E-state index contributed by atoms with van der Waals surface area (Å²) in [4.78, 5) is 42.5. The van der Waals surface area contributed by atoms with Crippen molar-refractivity contribution in [2.24, 2.45) is 11.8 Å². The number of fused-ring (bicyclic) bond motifs is 4. The average Bonchev–Trinajstić information content (AvgIpc) is 3.45. The number of ether oxygens (including phenoxy) is 1. The van der Waals surface area contributed by atoms with E-state index in [4.69, 9.17) is 4.74 Å². The van der Waals surface area contributed by atoms with E-state index >= 15 is 0 Å². The van der Waals surface area contributed by atoms with Gasteiger partial charge in [-0.1, -0.05) is 30.3 Å². The Balaban J connectivity index is 1.47. The molecule has 0 aromatic heterocycles. The van der Waals surface area contributed by atoms with Crippen molar-refractivity contribution in [1.82, 2.24) is 5.32 Å². The van der Waals surface area contributed by atoms with Gasteiger partial charge in [0.15, 0.2) is 0 Å². The van der Waals surface area contributed by atoms with Crippen LogP contribution in [0.15, 0.2) is 72.8 Å². The molecule has 0 saturated carbocycles. The van der Waals surface area contributed by atoms with E-state index in [1.807, 2.05) is 18.2 Å². The Labute approximate surface area is 201 Å². The maximum absolute atomic E-state index is 13.9. The lowest BCUT2D eigenvalue weighted by Gasteiger charge is -2.29. The van der Waals surface area contributed by atoms with Crippen LogP contribution in [0, 0.1) is 11.8 Å². The number of carbonyl (C=O) groups excluding carboxylic acids is 3.